The predicted octanol–water partition coefficient (Wildman–Crippen LogP) is 4.67. The second-order valence-electron chi connectivity index (χ2n) is 4.69. The molecule has 0 spiro atoms. The maximum Gasteiger partial charge on any atom is 0.123 e. The van der Waals surface area contributed by atoms with Crippen LogP contribution in [-0.2, 0) is 6.42 Å². The summed E-state index contributed by atoms with van der Waals surface area (Å²) in [5, 5.41) is 1.35. The van der Waals surface area contributed by atoms with Crippen LogP contribution in [0.3, 0.4) is 0 Å². The molecule has 2 nitrogen and oxygen atoms in total. The van der Waals surface area contributed by atoms with Gasteiger partial charge in [0.15, 0.2) is 0 Å². The summed E-state index contributed by atoms with van der Waals surface area (Å²) in [6.45, 7) is 0. The van der Waals surface area contributed by atoms with E-state index < -0.39 is 0 Å². The second kappa shape index (κ2) is 5.76. The van der Waals surface area contributed by atoms with Crippen molar-refractivity contribution in [1.29, 1.82) is 0 Å². The minimum Gasteiger partial charge on any atom is -0.489 e. The highest BCUT2D eigenvalue weighted by Crippen LogP contribution is 2.34. The average Bonchev–Trinajstić information content (AvgIpc) is 2.82. The number of nitrogens with two attached hydrogens (primary N) is 1. The van der Waals surface area contributed by atoms with Crippen molar-refractivity contribution in [3.63, 3.8) is 0 Å². The van der Waals surface area contributed by atoms with Crippen molar-refractivity contribution in [3.05, 3.63) is 52.0 Å². The summed E-state index contributed by atoms with van der Waals surface area (Å²) in [5.41, 5.74) is 7.49. The Bertz CT molecular complexity index is 648. The molecule has 2 aromatic carbocycles. The lowest BCUT2D eigenvalue weighted by Crippen LogP contribution is -2.15. The summed E-state index contributed by atoms with van der Waals surface area (Å²) in [6, 6.07) is 11.5. The van der Waals surface area contributed by atoms with Gasteiger partial charge in [-0.25, -0.2) is 0 Å². The van der Waals surface area contributed by atoms with Crippen molar-refractivity contribution >= 4 is 40.7 Å². The third-order valence-electron chi connectivity index (χ3n) is 3.17. The van der Waals surface area contributed by atoms with E-state index in [0.717, 1.165) is 27.8 Å². The fourth-order valence-electron chi connectivity index (χ4n) is 2.17. The summed E-state index contributed by atoms with van der Waals surface area (Å²) < 4.78 is 5.90. The summed E-state index contributed by atoms with van der Waals surface area (Å²) in [5.74, 6) is 1.81. The molecule has 2 N–H and O–H groups in total. The van der Waals surface area contributed by atoms with Crippen LogP contribution in [0.1, 0.15) is 5.56 Å². The zero-order chi connectivity index (χ0) is 14.1. The van der Waals surface area contributed by atoms with Crippen LogP contribution in [0.4, 0.5) is 5.69 Å². The van der Waals surface area contributed by atoms with Gasteiger partial charge in [-0.05, 0) is 42.0 Å². The molecule has 1 unspecified atom stereocenters. The SMILES string of the molecule is Nc1ccc(SCC2Cc3cc(Cl)ccc3O2)cc1Cl. The lowest BCUT2D eigenvalue weighted by Gasteiger charge is -2.10. The number of nitrogen functional groups attached to an aromatic ring is 1. The number of hydrogen-bond donors (Lipinski definition) is 1. The number of hydrogen-bond acceptors (Lipinski definition) is 3. The van der Waals surface area contributed by atoms with Gasteiger partial charge in [0.25, 0.3) is 0 Å². The predicted molar refractivity (Wildman–Crippen MR) is 86.2 cm³/mol. The minimum absolute atomic E-state index is 0.171. The number of fused-ring (bicyclic) bond motifs is 1. The van der Waals surface area contributed by atoms with E-state index in [1.54, 1.807) is 11.8 Å². The van der Waals surface area contributed by atoms with E-state index in [0.29, 0.717) is 10.7 Å². The number of ether oxygens (including phenoxy) is 1. The topological polar surface area (TPSA) is 35.2 Å². The Hall–Kier alpha value is -1.03. The highest BCUT2D eigenvalue weighted by Gasteiger charge is 2.23. The van der Waals surface area contributed by atoms with Gasteiger partial charge in [0, 0.05) is 22.1 Å². The first-order valence-electron chi connectivity index (χ1n) is 6.25. The lowest BCUT2D eigenvalue weighted by molar-refractivity contribution is 0.259. The maximum atomic E-state index is 6.02. The van der Waals surface area contributed by atoms with Crippen molar-refractivity contribution in [2.75, 3.05) is 11.5 Å². The molecule has 3 rings (SSSR count). The third kappa shape index (κ3) is 3.00. The second-order valence-corrected chi connectivity index (χ2v) is 6.63. The van der Waals surface area contributed by atoms with E-state index in [2.05, 4.69) is 0 Å². The zero-order valence-corrected chi connectivity index (χ0v) is 12.9. The van der Waals surface area contributed by atoms with Gasteiger partial charge in [0.05, 0.1) is 10.7 Å². The van der Waals surface area contributed by atoms with Gasteiger partial charge in [-0.15, -0.1) is 11.8 Å². The molecule has 0 aliphatic carbocycles. The first-order valence-corrected chi connectivity index (χ1v) is 7.99. The van der Waals surface area contributed by atoms with Crippen LogP contribution in [0, 0.1) is 0 Å². The molecule has 1 aliphatic heterocycles. The van der Waals surface area contributed by atoms with Crippen LogP contribution in [-0.4, -0.2) is 11.9 Å². The first kappa shape index (κ1) is 13.9. The smallest absolute Gasteiger partial charge is 0.123 e. The maximum absolute atomic E-state index is 6.02. The van der Waals surface area contributed by atoms with E-state index >= 15 is 0 Å². The molecule has 20 heavy (non-hydrogen) atoms. The number of halogens is 2. The molecule has 1 aliphatic rings. The molecular weight excluding hydrogens is 313 g/mol. The van der Waals surface area contributed by atoms with Crippen LogP contribution < -0.4 is 10.5 Å². The largest absolute Gasteiger partial charge is 0.489 e. The van der Waals surface area contributed by atoms with Crippen LogP contribution in [0.15, 0.2) is 41.3 Å². The average molecular weight is 326 g/mol. The standard InChI is InChI=1S/C15H13Cl2NOS/c16-10-1-4-15-9(5-10)6-11(19-15)8-20-12-2-3-14(18)13(17)7-12/h1-5,7,11H,6,8,18H2. The Labute approximate surface area is 132 Å². The van der Waals surface area contributed by atoms with E-state index in [1.807, 2.05) is 36.4 Å². The van der Waals surface area contributed by atoms with Crippen molar-refractivity contribution < 1.29 is 4.74 Å². The number of thioether (sulfide) groups is 1. The van der Waals surface area contributed by atoms with Crippen LogP contribution in [0.25, 0.3) is 0 Å². The van der Waals surface area contributed by atoms with Gasteiger partial charge in [-0.2, -0.15) is 0 Å². The summed E-state index contributed by atoms with van der Waals surface area (Å²) in [7, 11) is 0. The Morgan fingerprint density at radius 1 is 1.20 bits per heavy atom. The fraction of sp³-hybridized carbons (Fsp3) is 0.200. The molecule has 1 heterocycles. The van der Waals surface area contributed by atoms with Crippen molar-refractivity contribution in [2.45, 2.75) is 17.4 Å². The Balaban J connectivity index is 1.62. The molecule has 104 valence electrons. The third-order valence-corrected chi connectivity index (χ3v) is 4.86. The van der Waals surface area contributed by atoms with E-state index in [9.17, 15) is 0 Å². The Morgan fingerprint density at radius 3 is 2.85 bits per heavy atom. The summed E-state index contributed by atoms with van der Waals surface area (Å²) in [4.78, 5) is 1.10. The molecule has 2 aromatic rings. The van der Waals surface area contributed by atoms with E-state index in [-0.39, 0.29) is 6.10 Å². The molecule has 0 saturated carbocycles. The molecule has 0 fully saturated rings. The molecule has 0 amide bonds. The summed E-state index contributed by atoms with van der Waals surface area (Å²) in [6.07, 6.45) is 1.07. The van der Waals surface area contributed by atoms with Gasteiger partial charge in [-0.3, -0.25) is 0 Å². The lowest BCUT2D eigenvalue weighted by atomic mass is 10.1. The normalized spacial score (nSPS) is 16.8. The molecule has 0 bridgehead atoms. The van der Waals surface area contributed by atoms with Crippen LogP contribution in [0.5, 0.6) is 5.75 Å². The molecule has 0 aromatic heterocycles. The highest BCUT2D eigenvalue weighted by atomic mass is 35.5. The van der Waals surface area contributed by atoms with Crippen molar-refractivity contribution in [2.24, 2.45) is 0 Å². The van der Waals surface area contributed by atoms with Gasteiger partial charge in [-0.1, -0.05) is 23.2 Å². The molecule has 0 saturated heterocycles. The molecule has 5 heteroatoms. The van der Waals surface area contributed by atoms with Gasteiger partial charge in [0.1, 0.15) is 11.9 Å². The number of rotatable bonds is 3. The number of benzene rings is 2. The zero-order valence-electron chi connectivity index (χ0n) is 10.6. The van der Waals surface area contributed by atoms with E-state index in [1.165, 1.54) is 5.56 Å². The van der Waals surface area contributed by atoms with Gasteiger partial charge >= 0.3 is 0 Å². The van der Waals surface area contributed by atoms with Crippen molar-refractivity contribution in [3.8, 4) is 5.75 Å². The van der Waals surface area contributed by atoms with Crippen LogP contribution in [0.2, 0.25) is 10.0 Å². The Morgan fingerprint density at radius 2 is 2.05 bits per heavy atom. The highest BCUT2D eigenvalue weighted by molar-refractivity contribution is 7.99. The molecular formula is C15H13Cl2NOS. The fourth-order valence-corrected chi connectivity index (χ4v) is 3.54. The van der Waals surface area contributed by atoms with E-state index in [4.69, 9.17) is 33.7 Å². The monoisotopic (exact) mass is 325 g/mol. The van der Waals surface area contributed by atoms with Crippen molar-refractivity contribution in [1.82, 2.24) is 0 Å². The number of anilines is 1. The first-order chi connectivity index (χ1) is 9.61. The quantitative estimate of drug-likeness (QED) is 0.657. The molecule has 0 radical (unpaired) electrons. The van der Waals surface area contributed by atoms with Gasteiger partial charge < -0.3 is 10.5 Å². The van der Waals surface area contributed by atoms with Gasteiger partial charge in [0.2, 0.25) is 0 Å². The Kier molecular flexibility index (Phi) is 4.01. The summed E-state index contributed by atoms with van der Waals surface area (Å²) >= 11 is 13.7. The van der Waals surface area contributed by atoms with Crippen LogP contribution >= 0.6 is 35.0 Å². The minimum atomic E-state index is 0.171. The molecule has 1 atom stereocenters.